The van der Waals surface area contributed by atoms with Crippen LogP contribution in [0.2, 0.25) is 0 Å². The normalized spacial score (nSPS) is 14.2. The van der Waals surface area contributed by atoms with Crippen molar-refractivity contribution in [1.82, 2.24) is 9.96 Å². The van der Waals surface area contributed by atoms with Gasteiger partial charge >= 0.3 is 0 Å². The molecule has 1 aliphatic heterocycles. The molecule has 0 unspecified atom stereocenters. The van der Waals surface area contributed by atoms with E-state index in [0.717, 1.165) is 12.8 Å². The largest absolute Gasteiger partial charge is 0.399 e. The lowest BCUT2D eigenvalue weighted by atomic mass is 10.1. The molecule has 0 saturated carbocycles. The topological polar surface area (TPSA) is 66.9 Å². The molecule has 1 rings (SSSR count). The Kier molecular flexibility index (Phi) is 5.99. The van der Waals surface area contributed by atoms with E-state index in [4.69, 9.17) is 4.84 Å². The first-order valence-electron chi connectivity index (χ1n) is 6.17. The molecule has 19 heavy (non-hydrogen) atoms. The lowest BCUT2D eigenvalue weighted by molar-refractivity contribution is -0.136. The highest BCUT2D eigenvalue weighted by Gasteiger charge is 2.22. The Morgan fingerprint density at radius 1 is 1.21 bits per heavy atom. The predicted molar refractivity (Wildman–Crippen MR) is 68.3 cm³/mol. The van der Waals surface area contributed by atoms with E-state index in [1.807, 2.05) is 0 Å². The summed E-state index contributed by atoms with van der Waals surface area (Å²) in [5.74, 6) is 1.51. The number of carbonyl (C=O) groups is 2. The second kappa shape index (κ2) is 7.51. The van der Waals surface area contributed by atoms with Crippen LogP contribution >= 0.6 is 0 Å². The summed E-state index contributed by atoms with van der Waals surface area (Å²) in [6.07, 6.45) is 5.33. The monoisotopic (exact) mass is 266 g/mol. The van der Waals surface area contributed by atoms with Crippen LogP contribution in [0.3, 0.4) is 0 Å². The molecular weight excluding hydrogens is 248 g/mol. The van der Waals surface area contributed by atoms with Gasteiger partial charge in [-0.25, -0.2) is 4.79 Å². The Hall–Kier alpha value is -1.91. The molecule has 0 atom stereocenters. The highest BCUT2D eigenvalue weighted by atomic mass is 16.7. The maximum atomic E-state index is 11.3. The summed E-state index contributed by atoms with van der Waals surface area (Å²) < 4.78 is 0. The fourth-order valence-corrected chi connectivity index (χ4v) is 1.72. The molecule has 0 saturated heterocycles. The van der Waals surface area contributed by atoms with E-state index in [9.17, 15) is 14.4 Å². The molecule has 1 aliphatic rings. The Balaban J connectivity index is 2.16. The standard InChI is InChI=1S/C13H18N2O4/c1-14(2)19-11(10-16)6-4-3-5-9-15-12(17)7-8-13(15)18/h7-8H,3-6,9H2,1-2H3. The summed E-state index contributed by atoms with van der Waals surface area (Å²) in [7, 11) is 3.38. The van der Waals surface area contributed by atoms with Gasteiger partial charge in [0.15, 0.2) is 5.94 Å². The van der Waals surface area contributed by atoms with E-state index in [-0.39, 0.29) is 17.6 Å². The molecule has 0 fully saturated rings. The van der Waals surface area contributed by atoms with Gasteiger partial charge in [0, 0.05) is 39.2 Å². The Morgan fingerprint density at radius 2 is 1.84 bits per heavy atom. The van der Waals surface area contributed by atoms with Gasteiger partial charge in [-0.3, -0.25) is 14.5 Å². The fourth-order valence-electron chi connectivity index (χ4n) is 1.72. The zero-order valence-corrected chi connectivity index (χ0v) is 11.2. The molecule has 0 aliphatic carbocycles. The van der Waals surface area contributed by atoms with Crippen molar-refractivity contribution in [2.75, 3.05) is 20.6 Å². The quantitative estimate of drug-likeness (QED) is 0.212. The number of nitrogens with zero attached hydrogens (tertiary/aromatic N) is 2. The van der Waals surface area contributed by atoms with Gasteiger partial charge in [0.2, 0.25) is 5.76 Å². The van der Waals surface area contributed by atoms with Crippen molar-refractivity contribution in [3.05, 3.63) is 17.9 Å². The van der Waals surface area contributed by atoms with Crippen molar-refractivity contribution >= 4 is 17.8 Å². The third kappa shape index (κ3) is 5.07. The van der Waals surface area contributed by atoms with Gasteiger partial charge in [-0.1, -0.05) is 6.42 Å². The first kappa shape index (κ1) is 15.1. The van der Waals surface area contributed by atoms with Gasteiger partial charge in [-0.15, -0.1) is 5.06 Å². The second-order valence-electron chi connectivity index (χ2n) is 4.40. The maximum absolute atomic E-state index is 11.3. The van der Waals surface area contributed by atoms with Crippen molar-refractivity contribution in [2.24, 2.45) is 0 Å². The van der Waals surface area contributed by atoms with Crippen molar-refractivity contribution in [3.8, 4) is 0 Å². The van der Waals surface area contributed by atoms with E-state index in [0.29, 0.717) is 19.4 Å². The number of hydroxylamine groups is 2. The van der Waals surface area contributed by atoms with Gasteiger partial charge in [-0.05, 0) is 12.8 Å². The smallest absolute Gasteiger partial charge is 0.253 e. The molecule has 0 aromatic rings. The number of imide groups is 1. The molecule has 0 spiro atoms. The SMILES string of the molecule is CN(C)OC(=C=O)CCCCCN1C(=O)C=CC1=O. The molecule has 0 N–H and O–H groups in total. The van der Waals surface area contributed by atoms with Gasteiger partial charge < -0.3 is 4.84 Å². The second-order valence-corrected chi connectivity index (χ2v) is 4.40. The van der Waals surface area contributed by atoms with Crippen LogP contribution in [0.5, 0.6) is 0 Å². The lowest BCUT2D eigenvalue weighted by Crippen LogP contribution is -2.30. The first-order valence-corrected chi connectivity index (χ1v) is 6.17. The molecule has 0 radical (unpaired) electrons. The molecule has 2 amide bonds. The molecule has 0 bridgehead atoms. The minimum atomic E-state index is -0.255. The predicted octanol–water partition coefficient (Wildman–Crippen LogP) is 0.680. The number of hydrogen-bond acceptors (Lipinski definition) is 5. The van der Waals surface area contributed by atoms with Crippen LogP contribution < -0.4 is 0 Å². The van der Waals surface area contributed by atoms with Gasteiger partial charge in [0.25, 0.3) is 11.8 Å². The molecular formula is C13H18N2O4. The number of hydrogen-bond donors (Lipinski definition) is 0. The first-order chi connectivity index (χ1) is 9.04. The molecule has 1 heterocycles. The van der Waals surface area contributed by atoms with Crippen LogP contribution in [0, 0.1) is 0 Å². The number of unbranched alkanes of at least 4 members (excludes halogenated alkanes) is 2. The van der Waals surface area contributed by atoms with Crippen LogP contribution in [0.4, 0.5) is 0 Å². The van der Waals surface area contributed by atoms with Crippen molar-refractivity contribution in [1.29, 1.82) is 0 Å². The molecule has 6 heteroatoms. The van der Waals surface area contributed by atoms with Gasteiger partial charge in [-0.2, -0.15) is 0 Å². The van der Waals surface area contributed by atoms with Crippen LogP contribution in [0.15, 0.2) is 17.9 Å². The third-order valence-electron chi connectivity index (χ3n) is 2.59. The number of rotatable bonds is 8. The summed E-state index contributed by atoms with van der Waals surface area (Å²) in [5.41, 5.74) is 0. The summed E-state index contributed by atoms with van der Waals surface area (Å²) in [4.78, 5) is 39.4. The summed E-state index contributed by atoms with van der Waals surface area (Å²) >= 11 is 0. The van der Waals surface area contributed by atoms with E-state index < -0.39 is 0 Å². The third-order valence-corrected chi connectivity index (χ3v) is 2.59. The van der Waals surface area contributed by atoms with Crippen LogP contribution in [0.1, 0.15) is 25.7 Å². The van der Waals surface area contributed by atoms with Crippen LogP contribution in [0.25, 0.3) is 0 Å². The Labute approximate surface area is 112 Å². The van der Waals surface area contributed by atoms with Gasteiger partial charge in [0.05, 0.1) is 0 Å². The molecule has 0 aromatic carbocycles. The van der Waals surface area contributed by atoms with E-state index in [1.165, 1.54) is 22.1 Å². The fraction of sp³-hybridized carbons (Fsp3) is 0.538. The average molecular weight is 266 g/mol. The van der Waals surface area contributed by atoms with Crippen LogP contribution in [-0.4, -0.2) is 48.4 Å². The number of carbonyl (C=O) groups excluding carboxylic acids is 3. The van der Waals surface area contributed by atoms with Gasteiger partial charge in [0.1, 0.15) is 0 Å². The Morgan fingerprint density at radius 3 is 2.37 bits per heavy atom. The van der Waals surface area contributed by atoms with E-state index in [2.05, 4.69) is 0 Å². The van der Waals surface area contributed by atoms with Crippen LogP contribution in [-0.2, 0) is 19.2 Å². The Bertz CT molecular complexity index is 404. The zero-order chi connectivity index (χ0) is 14.3. The summed E-state index contributed by atoms with van der Waals surface area (Å²) in [5, 5.41) is 1.44. The van der Waals surface area contributed by atoms with E-state index >= 15 is 0 Å². The number of amides is 2. The van der Waals surface area contributed by atoms with Crippen molar-refractivity contribution in [2.45, 2.75) is 25.7 Å². The van der Waals surface area contributed by atoms with Crippen molar-refractivity contribution in [3.63, 3.8) is 0 Å². The average Bonchev–Trinajstić information content (AvgIpc) is 2.67. The zero-order valence-electron chi connectivity index (χ0n) is 11.2. The number of allylic oxidation sites excluding steroid dienone is 1. The van der Waals surface area contributed by atoms with E-state index in [1.54, 1.807) is 20.0 Å². The minimum Gasteiger partial charge on any atom is -0.399 e. The molecule has 104 valence electrons. The lowest BCUT2D eigenvalue weighted by Gasteiger charge is -2.14. The highest BCUT2D eigenvalue weighted by molar-refractivity contribution is 6.12. The van der Waals surface area contributed by atoms with Crippen molar-refractivity contribution < 1.29 is 19.2 Å². The highest BCUT2D eigenvalue weighted by Crippen LogP contribution is 2.11. The summed E-state index contributed by atoms with van der Waals surface area (Å²) in [6, 6.07) is 0. The minimum absolute atomic E-state index is 0.255. The maximum Gasteiger partial charge on any atom is 0.253 e. The molecule has 6 nitrogen and oxygen atoms in total. The summed E-state index contributed by atoms with van der Waals surface area (Å²) in [6.45, 7) is 0.416. The molecule has 0 aromatic heterocycles.